The van der Waals surface area contributed by atoms with E-state index < -0.39 is 0 Å². The molecule has 1 rings (SSSR count). The van der Waals surface area contributed by atoms with E-state index >= 15 is 0 Å². The molecule has 0 aromatic heterocycles. The third-order valence-corrected chi connectivity index (χ3v) is 4.26. The number of hydrogen-bond donors (Lipinski definition) is 0. The van der Waals surface area contributed by atoms with Crippen LogP contribution in [-0.4, -0.2) is 13.3 Å². The van der Waals surface area contributed by atoms with Crippen LogP contribution in [0.25, 0.3) is 0 Å². The Balaban J connectivity index is 2.77. The molecule has 0 spiro atoms. The molecule has 22 heavy (non-hydrogen) atoms. The molecule has 0 amide bonds. The first kappa shape index (κ1) is 18.4. The second-order valence-electron chi connectivity index (χ2n) is 6.85. The van der Waals surface area contributed by atoms with Crippen molar-refractivity contribution in [3.63, 3.8) is 0 Å². The molecule has 0 saturated carbocycles. The summed E-state index contributed by atoms with van der Waals surface area (Å²) in [6, 6.07) is 0. The van der Waals surface area contributed by atoms with E-state index in [4.69, 9.17) is 0 Å². The van der Waals surface area contributed by atoms with E-state index in [1.807, 2.05) is 12.3 Å². The summed E-state index contributed by atoms with van der Waals surface area (Å²) in [6.45, 7) is 11.2. The number of aliphatic imine (C=N–C) groups is 1. The lowest BCUT2D eigenvalue weighted by Gasteiger charge is -2.32. The molecular formula is C21H31N. The van der Waals surface area contributed by atoms with E-state index in [9.17, 15) is 0 Å². The van der Waals surface area contributed by atoms with Gasteiger partial charge in [0, 0.05) is 13.3 Å². The molecule has 0 aromatic rings. The normalized spacial score (nSPS) is 20.8. The quantitative estimate of drug-likeness (QED) is 0.422. The average molecular weight is 297 g/mol. The van der Waals surface area contributed by atoms with Gasteiger partial charge in [0.25, 0.3) is 0 Å². The monoisotopic (exact) mass is 297 g/mol. The average Bonchev–Trinajstić information content (AvgIpc) is 2.43. The van der Waals surface area contributed by atoms with Gasteiger partial charge >= 0.3 is 0 Å². The molecule has 1 aliphatic carbocycles. The zero-order chi connectivity index (χ0) is 16.6. The van der Waals surface area contributed by atoms with E-state index in [0.717, 1.165) is 0 Å². The van der Waals surface area contributed by atoms with Crippen molar-refractivity contribution in [1.29, 1.82) is 0 Å². The Morgan fingerprint density at radius 3 is 2.41 bits per heavy atom. The van der Waals surface area contributed by atoms with Crippen molar-refractivity contribution in [3.05, 3.63) is 58.7 Å². The van der Waals surface area contributed by atoms with E-state index in [1.165, 1.54) is 36.0 Å². The molecule has 1 heteroatoms. The van der Waals surface area contributed by atoms with Crippen LogP contribution in [0.4, 0.5) is 0 Å². The van der Waals surface area contributed by atoms with Gasteiger partial charge in [0.05, 0.1) is 0 Å². The predicted octanol–water partition coefficient (Wildman–Crippen LogP) is 6.22. The van der Waals surface area contributed by atoms with E-state index in [1.54, 1.807) is 12.6 Å². The Hall–Kier alpha value is -1.63. The molecule has 0 radical (unpaired) electrons. The molecule has 0 fully saturated rings. The second kappa shape index (κ2) is 8.73. The minimum Gasteiger partial charge on any atom is -0.297 e. The Labute approximate surface area is 136 Å². The molecule has 1 nitrogen and oxygen atoms in total. The molecule has 120 valence electrons. The van der Waals surface area contributed by atoms with Crippen LogP contribution in [0.5, 0.6) is 0 Å². The Kier molecular flexibility index (Phi) is 7.31. The minimum atomic E-state index is 0.313. The van der Waals surface area contributed by atoms with Crippen molar-refractivity contribution in [2.75, 3.05) is 7.05 Å². The van der Waals surface area contributed by atoms with Crippen LogP contribution in [0.1, 0.15) is 53.9 Å². The number of rotatable bonds is 5. The fraction of sp³-hybridized carbons (Fsp3) is 0.476. The van der Waals surface area contributed by atoms with Gasteiger partial charge in [0.15, 0.2) is 0 Å². The Bertz CT molecular complexity index is 548. The summed E-state index contributed by atoms with van der Waals surface area (Å²) in [5.41, 5.74) is 5.85. The molecule has 0 N–H and O–H groups in total. The van der Waals surface area contributed by atoms with Crippen LogP contribution in [-0.2, 0) is 0 Å². The summed E-state index contributed by atoms with van der Waals surface area (Å²) in [7, 11) is 1.78. The highest BCUT2D eigenvalue weighted by Crippen LogP contribution is 2.40. The lowest BCUT2D eigenvalue weighted by atomic mass is 9.72. The van der Waals surface area contributed by atoms with Crippen LogP contribution in [0.3, 0.4) is 0 Å². The lowest BCUT2D eigenvalue weighted by Crippen LogP contribution is -2.19. The van der Waals surface area contributed by atoms with Crippen LogP contribution < -0.4 is 0 Å². The van der Waals surface area contributed by atoms with Crippen molar-refractivity contribution >= 4 is 6.21 Å². The molecule has 0 heterocycles. The maximum absolute atomic E-state index is 3.95. The van der Waals surface area contributed by atoms with E-state index in [-0.39, 0.29) is 0 Å². The van der Waals surface area contributed by atoms with Gasteiger partial charge in [-0.1, -0.05) is 55.4 Å². The summed E-state index contributed by atoms with van der Waals surface area (Å²) in [5.74, 6) is 0. The van der Waals surface area contributed by atoms with Gasteiger partial charge in [-0.15, -0.1) is 0 Å². The fourth-order valence-electron chi connectivity index (χ4n) is 2.88. The first-order valence-corrected chi connectivity index (χ1v) is 8.19. The van der Waals surface area contributed by atoms with E-state index in [0.29, 0.717) is 5.41 Å². The summed E-state index contributed by atoms with van der Waals surface area (Å²) >= 11 is 0. The summed E-state index contributed by atoms with van der Waals surface area (Å²) in [6.07, 6.45) is 18.6. The smallest absolute Gasteiger partial charge is 0.0277 e. The summed E-state index contributed by atoms with van der Waals surface area (Å²) < 4.78 is 0. The van der Waals surface area contributed by atoms with Gasteiger partial charge < -0.3 is 0 Å². The van der Waals surface area contributed by atoms with Gasteiger partial charge in [-0.05, 0) is 62.7 Å². The highest BCUT2D eigenvalue weighted by atomic mass is 14.6. The zero-order valence-electron chi connectivity index (χ0n) is 15.1. The Morgan fingerprint density at radius 1 is 1.09 bits per heavy atom. The van der Waals surface area contributed by atoms with Crippen LogP contribution in [0.15, 0.2) is 63.7 Å². The van der Waals surface area contributed by atoms with Crippen molar-refractivity contribution < 1.29 is 0 Å². The highest BCUT2D eigenvalue weighted by Gasteiger charge is 2.26. The van der Waals surface area contributed by atoms with Crippen LogP contribution in [0, 0.1) is 5.41 Å². The van der Waals surface area contributed by atoms with Crippen molar-refractivity contribution in [2.45, 2.75) is 53.9 Å². The molecule has 0 atom stereocenters. The summed E-state index contributed by atoms with van der Waals surface area (Å²) in [4.78, 5) is 3.95. The van der Waals surface area contributed by atoms with Crippen molar-refractivity contribution in [2.24, 2.45) is 10.4 Å². The largest absolute Gasteiger partial charge is 0.297 e. The molecule has 0 bridgehead atoms. The maximum atomic E-state index is 3.95. The summed E-state index contributed by atoms with van der Waals surface area (Å²) in [5, 5.41) is 0. The van der Waals surface area contributed by atoms with Crippen LogP contribution >= 0.6 is 0 Å². The third-order valence-electron chi connectivity index (χ3n) is 4.26. The highest BCUT2D eigenvalue weighted by molar-refractivity contribution is 5.72. The van der Waals surface area contributed by atoms with Crippen molar-refractivity contribution in [3.8, 4) is 0 Å². The molecule has 0 unspecified atom stereocenters. The topological polar surface area (TPSA) is 12.4 Å². The molecule has 0 saturated heterocycles. The van der Waals surface area contributed by atoms with Gasteiger partial charge in [0.2, 0.25) is 0 Å². The molecule has 1 aliphatic rings. The van der Waals surface area contributed by atoms with Gasteiger partial charge in [-0.3, -0.25) is 4.99 Å². The molecule has 0 aliphatic heterocycles. The zero-order valence-corrected chi connectivity index (χ0v) is 15.1. The number of allylic oxidation sites excluding steroid dienone is 10. The minimum absolute atomic E-state index is 0.313. The standard InChI is InChI=1S/C21H31N/c1-17(9-7-10-18(2)14-16-22-6)12-13-20-19(3)11-8-15-21(20,4)5/h7,9-10,12-14,16H,8,11,15H2,1-6H3/b10-7-,13-12+,17-9+,18-14+,22-16?. The lowest BCUT2D eigenvalue weighted by molar-refractivity contribution is 0.377. The fourth-order valence-corrected chi connectivity index (χ4v) is 2.88. The van der Waals surface area contributed by atoms with Gasteiger partial charge in [-0.25, -0.2) is 0 Å². The molecule has 0 aromatic carbocycles. The predicted molar refractivity (Wildman–Crippen MR) is 101 cm³/mol. The SMILES string of the molecule is CN=C/C=C(C)/C=C\C=C(C)\C=C\C1=C(C)CCCC1(C)C. The number of nitrogens with zero attached hydrogens (tertiary/aromatic N) is 1. The van der Waals surface area contributed by atoms with Gasteiger partial charge in [-0.2, -0.15) is 0 Å². The first-order chi connectivity index (χ1) is 10.4. The third kappa shape index (κ3) is 6.01. The van der Waals surface area contributed by atoms with Crippen molar-refractivity contribution in [1.82, 2.24) is 0 Å². The van der Waals surface area contributed by atoms with E-state index in [2.05, 4.69) is 70.0 Å². The molecular weight excluding hydrogens is 266 g/mol. The van der Waals surface area contributed by atoms with Crippen LogP contribution in [0.2, 0.25) is 0 Å². The second-order valence-corrected chi connectivity index (χ2v) is 6.85. The first-order valence-electron chi connectivity index (χ1n) is 8.19. The maximum Gasteiger partial charge on any atom is 0.0277 e. The van der Waals surface area contributed by atoms with Gasteiger partial charge in [0.1, 0.15) is 0 Å². The number of hydrogen-bond acceptors (Lipinski definition) is 1. The Morgan fingerprint density at radius 2 is 1.77 bits per heavy atom.